The molecular formula is C24H24BBrN2O2. The molecule has 0 saturated carbocycles. The van der Waals surface area contributed by atoms with E-state index in [-0.39, 0.29) is 18.3 Å². The smallest absolute Gasteiger partial charge is 0.399 e. The fourth-order valence-electron chi connectivity index (χ4n) is 3.25. The molecule has 1 fully saturated rings. The van der Waals surface area contributed by atoms with Crippen LogP contribution in [0, 0.1) is 0 Å². The van der Waals surface area contributed by atoms with Crippen molar-refractivity contribution in [2.45, 2.75) is 38.9 Å². The van der Waals surface area contributed by atoms with Gasteiger partial charge in [-0.25, -0.2) is 0 Å². The molecule has 1 aliphatic heterocycles. The van der Waals surface area contributed by atoms with Crippen LogP contribution in [0.25, 0.3) is 21.8 Å². The van der Waals surface area contributed by atoms with Gasteiger partial charge in [-0.15, -0.1) is 0 Å². The van der Waals surface area contributed by atoms with Gasteiger partial charge in [-0.05, 0) is 63.5 Å². The predicted octanol–water partition coefficient (Wildman–Crippen LogP) is 5.53. The SMILES string of the molecule is Brc1ccc2cccnc2c1.CC1(C)OB(c2ccc3cccnc3c2)OC1(C)C. The van der Waals surface area contributed by atoms with Gasteiger partial charge in [0.05, 0.1) is 22.2 Å². The molecule has 0 bridgehead atoms. The Hall–Kier alpha value is -2.28. The van der Waals surface area contributed by atoms with Crippen molar-refractivity contribution in [3.05, 3.63) is 77.5 Å². The van der Waals surface area contributed by atoms with Crippen LogP contribution in [0.2, 0.25) is 0 Å². The van der Waals surface area contributed by atoms with Crippen molar-refractivity contribution < 1.29 is 9.31 Å². The van der Waals surface area contributed by atoms with Crippen LogP contribution in [0.4, 0.5) is 0 Å². The van der Waals surface area contributed by atoms with Crippen molar-refractivity contribution >= 4 is 50.3 Å². The van der Waals surface area contributed by atoms with Gasteiger partial charge in [0, 0.05) is 27.6 Å². The predicted molar refractivity (Wildman–Crippen MR) is 127 cm³/mol. The van der Waals surface area contributed by atoms with Crippen molar-refractivity contribution in [1.82, 2.24) is 9.97 Å². The normalized spacial score (nSPS) is 17.0. The first kappa shape index (κ1) is 21.0. The van der Waals surface area contributed by atoms with E-state index in [1.165, 1.54) is 5.39 Å². The molecule has 3 heterocycles. The van der Waals surface area contributed by atoms with Crippen molar-refractivity contribution in [2.75, 3.05) is 0 Å². The lowest BCUT2D eigenvalue weighted by molar-refractivity contribution is 0.00578. The number of aromatic nitrogens is 2. The summed E-state index contributed by atoms with van der Waals surface area (Å²) in [6.07, 6.45) is 3.60. The van der Waals surface area contributed by atoms with E-state index in [9.17, 15) is 0 Å². The van der Waals surface area contributed by atoms with E-state index >= 15 is 0 Å². The van der Waals surface area contributed by atoms with Gasteiger partial charge < -0.3 is 9.31 Å². The number of fused-ring (bicyclic) bond motifs is 2. The van der Waals surface area contributed by atoms with Crippen molar-refractivity contribution in [1.29, 1.82) is 0 Å². The Morgan fingerprint density at radius 3 is 1.87 bits per heavy atom. The summed E-state index contributed by atoms with van der Waals surface area (Å²) in [7, 11) is -0.323. The van der Waals surface area contributed by atoms with E-state index < -0.39 is 0 Å². The van der Waals surface area contributed by atoms with Gasteiger partial charge >= 0.3 is 7.12 Å². The molecule has 152 valence electrons. The Kier molecular flexibility index (Phi) is 5.66. The zero-order valence-electron chi connectivity index (χ0n) is 17.6. The summed E-state index contributed by atoms with van der Waals surface area (Å²) in [5.74, 6) is 0. The zero-order chi connectivity index (χ0) is 21.4. The number of pyridine rings is 2. The highest BCUT2D eigenvalue weighted by Gasteiger charge is 2.51. The van der Waals surface area contributed by atoms with Crippen molar-refractivity contribution in [2.24, 2.45) is 0 Å². The summed E-state index contributed by atoms with van der Waals surface area (Å²) < 4.78 is 13.2. The first-order valence-electron chi connectivity index (χ1n) is 9.96. The first-order chi connectivity index (χ1) is 14.2. The van der Waals surface area contributed by atoms with Crippen LogP contribution in [-0.2, 0) is 9.31 Å². The Morgan fingerprint density at radius 2 is 1.27 bits per heavy atom. The lowest BCUT2D eigenvalue weighted by atomic mass is 9.79. The minimum absolute atomic E-state index is 0.309. The van der Waals surface area contributed by atoms with Gasteiger partial charge in [0.1, 0.15) is 0 Å². The topological polar surface area (TPSA) is 44.2 Å². The maximum atomic E-state index is 6.05. The van der Waals surface area contributed by atoms with Crippen LogP contribution in [0.3, 0.4) is 0 Å². The second-order valence-corrected chi connectivity index (χ2v) is 9.30. The molecule has 4 aromatic rings. The quantitative estimate of drug-likeness (QED) is 0.349. The largest absolute Gasteiger partial charge is 0.494 e. The summed E-state index contributed by atoms with van der Waals surface area (Å²) in [5.41, 5.74) is 2.40. The number of hydrogen-bond donors (Lipinski definition) is 0. The van der Waals surface area contributed by atoms with Crippen LogP contribution < -0.4 is 5.46 Å². The van der Waals surface area contributed by atoms with Gasteiger partial charge in [-0.3, -0.25) is 9.97 Å². The molecule has 4 nitrogen and oxygen atoms in total. The molecule has 0 radical (unpaired) electrons. The number of rotatable bonds is 1. The highest BCUT2D eigenvalue weighted by molar-refractivity contribution is 9.10. The number of nitrogens with zero attached hydrogens (tertiary/aromatic N) is 2. The summed E-state index contributed by atoms with van der Waals surface area (Å²) >= 11 is 3.39. The lowest BCUT2D eigenvalue weighted by Gasteiger charge is -2.32. The highest BCUT2D eigenvalue weighted by atomic mass is 79.9. The lowest BCUT2D eigenvalue weighted by Crippen LogP contribution is -2.41. The maximum absolute atomic E-state index is 6.05. The monoisotopic (exact) mass is 462 g/mol. The average molecular weight is 463 g/mol. The zero-order valence-corrected chi connectivity index (χ0v) is 19.2. The van der Waals surface area contributed by atoms with E-state index in [1.54, 1.807) is 12.4 Å². The van der Waals surface area contributed by atoms with Crippen molar-refractivity contribution in [3.63, 3.8) is 0 Å². The van der Waals surface area contributed by atoms with Crippen LogP contribution in [0.15, 0.2) is 77.5 Å². The molecule has 1 saturated heterocycles. The molecular weight excluding hydrogens is 439 g/mol. The van der Waals surface area contributed by atoms with Gasteiger partial charge in [0.25, 0.3) is 0 Å². The number of halogens is 1. The minimum atomic E-state index is -0.323. The fraction of sp³-hybridized carbons (Fsp3) is 0.250. The molecule has 2 aromatic carbocycles. The molecule has 0 amide bonds. The van der Waals surface area contributed by atoms with E-state index in [1.807, 2.05) is 42.5 Å². The molecule has 0 unspecified atom stereocenters. The van der Waals surface area contributed by atoms with Gasteiger partial charge in [0.2, 0.25) is 0 Å². The van der Waals surface area contributed by atoms with E-state index in [0.29, 0.717) is 0 Å². The fourth-order valence-corrected chi connectivity index (χ4v) is 3.60. The third kappa shape index (κ3) is 4.26. The third-order valence-electron chi connectivity index (χ3n) is 5.72. The van der Waals surface area contributed by atoms with E-state index in [0.717, 1.165) is 26.4 Å². The molecule has 30 heavy (non-hydrogen) atoms. The Labute approximate surface area is 185 Å². The van der Waals surface area contributed by atoms with E-state index in [4.69, 9.17) is 9.31 Å². The van der Waals surface area contributed by atoms with Gasteiger partial charge in [0.15, 0.2) is 0 Å². The number of benzene rings is 2. The van der Waals surface area contributed by atoms with E-state index in [2.05, 4.69) is 71.8 Å². The summed E-state index contributed by atoms with van der Waals surface area (Å²) in [6, 6.07) is 20.2. The first-order valence-corrected chi connectivity index (χ1v) is 10.8. The second-order valence-electron chi connectivity index (χ2n) is 8.38. The third-order valence-corrected chi connectivity index (χ3v) is 6.22. The second kappa shape index (κ2) is 8.10. The van der Waals surface area contributed by atoms with Gasteiger partial charge in [-0.2, -0.15) is 0 Å². The molecule has 0 atom stereocenters. The summed E-state index contributed by atoms with van der Waals surface area (Å²) in [5, 5.41) is 2.30. The molecule has 5 rings (SSSR count). The van der Waals surface area contributed by atoms with Crippen LogP contribution in [0.5, 0.6) is 0 Å². The summed E-state index contributed by atoms with van der Waals surface area (Å²) in [4.78, 5) is 8.59. The molecule has 0 spiro atoms. The molecule has 6 heteroatoms. The Bertz CT molecular complexity index is 1180. The number of hydrogen-bond acceptors (Lipinski definition) is 4. The van der Waals surface area contributed by atoms with Crippen molar-refractivity contribution in [3.8, 4) is 0 Å². The highest BCUT2D eigenvalue weighted by Crippen LogP contribution is 2.36. The molecule has 2 aromatic heterocycles. The maximum Gasteiger partial charge on any atom is 0.494 e. The summed E-state index contributed by atoms with van der Waals surface area (Å²) in [6.45, 7) is 8.25. The van der Waals surface area contributed by atoms with Crippen LogP contribution in [-0.4, -0.2) is 28.3 Å². The minimum Gasteiger partial charge on any atom is -0.399 e. The average Bonchev–Trinajstić information content (AvgIpc) is 2.95. The Balaban J connectivity index is 0.000000168. The Morgan fingerprint density at radius 1 is 0.733 bits per heavy atom. The van der Waals surface area contributed by atoms with Crippen LogP contribution in [0.1, 0.15) is 27.7 Å². The van der Waals surface area contributed by atoms with Crippen LogP contribution >= 0.6 is 15.9 Å². The molecule has 0 N–H and O–H groups in total. The standard InChI is InChI=1S/C15H18BNO2.C9H6BrN/c1-14(2)15(3,4)19-16(18-14)12-8-7-11-6-5-9-17-13(11)10-12;10-8-4-3-7-2-1-5-11-9(7)6-8/h5-10H,1-4H3;1-6H. The van der Waals surface area contributed by atoms with Gasteiger partial charge in [-0.1, -0.05) is 46.3 Å². The molecule has 1 aliphatic rings. The molecule has 0 aliphatic carbocycles.